The Morgan fingerprint density at radius 1 is 1.44 bits per heavy atom. The summed E-state index contributed by atoms with van der Waals surface area (Å²) < 4.78 is 16.9. The molecule has 0 aliphatic heterocycles. The van der Waals surface area contributed by atoms with Gasteiger partial charge < -0.3 is 15.6 Å². The van der Waals surface area contributed by atoms with Gasteiger partial charge in [0.2, 0.25) is 0 Å². The largest absolute Gasteiger partial charge is 0.491 e. The Bertz CT molecular complexity index is 340. The van der Waals surface area contributed by atoms with E-state index in [4.69, 9.17) is 15.6 Å². The lowest BCUT2D eigenvalue weighted by Crippen LogP contribution is -2.32. The molecular formula is C11H14FNO3. The quantitative estimate of drug-likeness (QED) is 0.760. The van der Waals surface area contributed by atoms with Crippen molar-refractivity contribution in [1.29, 1.82) is 0 Å². The van der Waals surface area contributed by atoms with Crippen LogP contribution in [-0.2, 0) is 11.2 Å². The van der Waals surface area contributed by atoms with Gasteiger partial charge in [0.15, 0.2) is 0 Å². The number of rotatable bonds is 6. The molecule has 5 heteroatoms. The molecule has 1 rings (SSSR count). The van der Waals surface area contributed by atoms with Crippen LogP contribution in [0.4, 0.5) is 4.39 Å². The molecule has 0 amide bonds. The Morgan fingerprint density at radius 2 is 2.06 bits per heavy atom. The Labute approximate surface area is 92.8 Å². The van der Waals surface area contributed by atoms with Gasteiger partial charge in [-0.25, -0.2) is 4.39 Å². The zero-order chi connectivity index (χ0) is 12.0. The molecule has 1 atom stereocenters. The summed E-state index contributed by atoms with van der Waals surface area (Å²) in [4.78, 5) is 10.5. The summed E-state index contributed by atoms with van der Waals surface area (Å²) in [6.45, 7) is -0.514. The van der Waals surface area contributed by atoms with E-state index in [9.17, 15) is 9.18 Å². The van der Waals surface area contributed by atoms with Crippen molar-refractivity contribution in [3.05, 3.63) is 29.8 Å². The molecule has 0 aliphatic carbocycles. The van der Waals surface area contributed by atoms with E-state index in [1.807, 2.05) is 0 Å². The lowest BCUT2D eigenvalue weighted by molar-refractivity contribution is -0.138. The normalized spacial score (nSPS) is 12.1. The summed E-state index contributed by atoms with van der Waals surface area (Å²) in [7, 11) is 0. The van der Waals surface area contributed by atoms with E-state index in [0.29, 0.717) is 5.75 Å². The van der Waals surface area contributed by atoms with Gasteiger partial charge in [0.05, 0.1) is 0 Å². The zero-order valence-corrected chi connectivity index (χ0v) is 8.73. The van der Waals surface area contributed by atoms with Gasteiger partial charge in [0, 0.05) is 0 Å². The Hall–Kier alpha value is -1.62. The van der Waals surface area contributed by atoms with Gasteiger partial charge in [-0.1, -0.05) is 12.1 Å². The molecule has 1 aromatic carbocycles. The van der Waals surface area contributed by atoms with Crippen LogP contribution >= 0.6 is 0 Å². The predicted molar refractivity (Wildman–Crippen MR) is 57.2 cm³/mol. The van der Waals surface area contributed by atoms with E-state index in [0.717, 1.165) is 5.56 Å². The fourth-order valence-electron chi connectivity index (χ4n) is 1.22. The molecule has 88 valence electrons. The molecule has 4 nitrogen and oxygen atoms in total. The van der Waals surface area contributed by atoms with Gasteiger partial charge >= 0.3 is 5.97 Å². The minimum absolute atomic E-state index is 0.0218. The monoisotopic (exact) mass is 227 g/mol. The van der Waals surface area contributed by atoms with Crippen LogP contribution in [0.3, 0.4) is 0 Å². The molecule has 0 heterocycles. The number of alkyl halides is 1. The molecule has 3 N–H and O–H groups in total. The molecule has 16 heavy (non-hydrogen) atoms. The van der Waals surface area contributed by atoms with Gasteiger partial charge in [0.1, 0.15) is 25.1 Å². The molecule has 0 aromatic heterocycles. The second kappa shape index (κ2) is 6.07. The number of ether oxygens (including phenoxy) is 1. The summed E-state index contributed by atoms with van der Waals surface area (Å²) in [6.07, 6.45) is 0.263. The van der Waals surface area contributed by atoms with Crippen LogP contribution in [0.5, 0.6) is 5.75 Å². The highest BCUT2D eigenvalue weighted by Crippen LogP contribution is 2.13. The van der Waals surface area contributed by atoms with E-state index in [1.54, 1.807) is 24.3 Å². The number of carboxylic acid groups (broad SMARTS) is 1. The van der Waals surface area contributed by atoms with E-state index in [-0.39, 0.29) is 13.0 Å². The Kier molecular flexibility index (Phi) is 4.72. The van der Waals surface area contributed by atoms with Crippen molar-refractivity contribution < 1.29 is 19.0 Å². The SMILES string of the molecule is NC(Cc1ccc(OCCF)cc1)C(=O)O. The molecule has 0 bridgehead atoms. The summed E-state index contributed by atoms with van der Waals surface area (Å²) in [5, 5.41) is 8.62. The number of carboxylic acids is 1. The number of hydrogen-bond acceptors (Lipinski definition) is 3. The number of nitrogens with two attached hydrogens (primary N) is 1. The van der Waals surface area contributed by atoms with E-state index in [1.165, 1.54) is 0 Å². The average Bonchev–Trinajstić information content (AvgIpc) is 2.28. The average molecular weight is 227 g/mol. The van der Waals surface area contributed by atoms with Crippen molar-refractivity contribution in [2.75, 3.05) is 13.3 Å². The first-order chi connectivity index (χ1) is 7.63. The van der Waals surface area contributed by atoms with Crippen LogP contribution in [0.2, 0.25) is 0 Å². The molecule has 0 saturated carbocycles. The first-order valence-electron chi connectivity index (χ1n) is 4.89. The van der Waals surface area contributed by atoms with Gasteiger partial charge in [0.25, 0.3) is 0 Å². The lowest BCUT2D eigenvalue weighted by Gasteiger charge is -2.07. The van der Waals surface area contributed by atoms with E-state index >= 15 is 0 Å². The molecule has 0 spiro atoms. The van der Waals surface area contributed by atoms with Gasteiger partial charge in [-0.3, -0.25) is 4.79 Å². The van der Waals surface area contributed by atoms with Gasteiger partial charge in [-0.05, 0) is 24.1 Å². The number of hydrogen-bond donors (Lipinski definition) is 2. The number of carbonyl (C=O) groups is 1. The molecule has 1 aromatic rings. The molecule has 0 radical (unpaired) electrons. The maximum atomic E-state index is 11.8. The highest BCUT2D eigenvalue weighted by atomic mass is 19.1. The Balaban J connectivity index is 2.54. The molecular weight excluding hydrogens is 213 g/mol. The first kappa shape index (κ1) is 12.4. The summed E-state index contributed by atoms with van der Waals surface area (Å²) in [6, 6.07) is 5.86. The van der Waals surface area contributed by atoms with Crippen molar-refractivity contribution in [2.24, 2.45) is 5.73 Å². The third-order valence-electron chi connectivity index (χ3n) is 2.04. The highest BCUT2D eigenvalue weighted by molar-refractivity contribution is 5.73. The van der Waals surface area contributed by atoms with Crippen LogP contribution in [0.1, 0.15) is 5.56 Å². The minimum Gasteiger partial charge on any atom is -0.491 e. The summed E-state index contributed by atoms with van der Waals surface area (Å²) >= 11 is 0. The number of aliphatic carboxylic acids is 1. The van der Waals surface area contributed by atoms with Crippen molar-refractivity contribution in [3.63, 3.8) is 0 Å². The molecule has 0 aliphatic rings. The van der Waals surface area contributed by atoms with Crippen LogP contribution in [0.25, 0.3) is 0 Å². The predicted octanol–water partition coefficient (Wildman–Crippen LogP) is 0.989. The van der Waals surface area contributed by atoms with Crippen LogP contribution < -0.4 is 10.5 Å². The first-order valence-corrected chi connectivity index (χ1v) is 4.89. The summed E-state index contributed by atoms with van der Waals surface area (Å²) in [5.41, 5.74) is 6.19. The fourth-order valence-corrected chi connectivity index (χ4v) is 1.22. The number of halogens is 1. The second-order valence-electron chi connectivity index (χ2n) is 3.33. The number of benzene rings is 1. The topological polar surface area (TPSA) is 72.5 Å². The maximum absolute atomic E-state index is 11.8. The Morgan fingerprint density at radius 3 is 2.56 bits per heavy atom. The fraction of sp³-hybridized carbons (Fsp3) is 0.364. The van der Waals surface area contributed by atoms with Crippen LogP contribution in [-0.4, -0.2) is 30.4 Å². The molecule has 1 unspecified atom stereocenters. The lowest BCUT2D eigenvalue weighted by atomic mass is 10.1. The van der Waals surface area contributed by atoms with Gasteiger partial charge in [-0.15, -0.1) is 0 Å². The highest BCUT2D eigenvalue weighted by Gasteiger charge is 2.11. The second-order valence-corrected chi connectivity index (χ2v) is 3.33. The van der Waals surface area contributed by atoms with E-state index in [2.05, 4.69) is 0 Å². The zero-order valence-electron chi connectivity index (χ0n) is 8.73. The third-order valence-corrected chi connectivity index (χ3v) is 2.04. The van der Waals surface area contributed by atoms with Crippen molar-refractivity contribution >= 4 is 5.97 Å². The van der Waals surface area contributed by atoms with Crippen LogP contribution in [0, 0.1) is 0 Å². The van der Waals surface area contributed by atoms with Crippen molar-refractivity contribution in [1.82, 2.24) is 0 Å². The maximum Gasteiger partial charge on any atom is 0.320 e. The van der Waals surface area contributed by atoms with Gasteiger partial charge in [-0.2, -0.15) is 0 Å². The van der Waals surface area contributed by atoms with Crippen molar-refractivity contribution in [2.45, 2.75) is 12.5 Å². The summed E-state index contributed by atoms with van der Waals surface area (Å²) in [5.74, 6) is -0.469. The van der Waals surface area contributed by atoms with Crippen molar-refractivity contribution in [3.8, 4) is 5.75 Å². The smallest absolute Gasteiger partial charge is 0.320 e. The minimum atomic E-state index is -1.03. The molecule has 0 fully saturated rings. The third kappa shape index (κ3) is 3.86. The molecule has 0 saturated heterocycles. The van der Waals surface area contributed by atoms with E-state index < -0.39 is 18.7 Å². The van der Waals surface area contributed by atoms with Crippen LogP contribution in [0.15, 0.2) is 24.3 Å². The standard InChI is InChI=1S/C11H14FNO3/c12-5-6-16-9-3-1-8(2-4-9)7-10(13)11(14)15/h1-4,10H,5-7,13H2,(H,14,15).